The first-order chi connectivity index (χ1) is 10.3. The van der Waals surface area contributed by atoms with Gasteiger partial charge in [-0.3, -0.25) is 9.59 Å². The van der Waals surface area contributed by atoms with Crippen molar-refractivity contribution >= 4 is 45.7 Å². The van der Waals surface area contributed by atoms with E-state index in [-0.39, 0.29) is 28.8 Å². The van der Waals surface area contributed by atoms with Gasteiger partial charge >= 0.3 is 5.97 Å². The Morgan fingerprint density at radius 2 is 2.36 bits per heavy atom. The van der Waals surface area contributed by atoms with Crippen molar-refractivity contribution < 1.29 is 14.3 Å². The molecule has 0 spiro atoms. The highest BCUT2D eigenvalue weighted by molar-refractivity contribution is 7.80. The first kappa shape index (κ1) is 16.8. The number of cyclic esters (lactones) is 1. The quantitative estimate of drug-likeness (QED) is 0.635. The van der Waals surface area contributed by atoms with Gasteiger partial charge < -0.3 is 15.4 Å². The monoisotopic (exact) mass is 342 g/mol. The molecule has 1 fully saturated rings. The fraction of sp³-hybridized carbons (Fsp3) is 0.615. The van der Waals surface area contributed by atoms with Crippen molar-refractivity contribution in [3.8, 4) is 0 Å². The number of carbonyl (C=O) groups excluding carboxylic acids is 2. The number of aromatic nitrogens is 2. The average Bonchev–Trinajstić information content (AvgIpc) is 2.97. The third-order valence-electron chi connectivity index (χ3n) is 3.35. The Morgan fingerprint density at radius 3 is 2.91 bits per heavy atom. The molecule has 22 heavy (non-hydrogen) atoms. The van der Waals surface area contributed by atoms with Crippen molar-refractivity contribution in [3.05, 3.63) is 5.51 Å². The van der Waals surface area contributed by atoms with Crippen LogP contribution < -0.4 is 10.6 Å². The number of anilines is 1. The van der Waals surface area contributed by atoms with E-state index in [9.17, 15) is 9.59 Å². The lowest BCUT2D eigenvalue weighted by Crippen LogP contribution is -2.38. The first-order valence-electron chi connectivity index (χ1n) is 6.88. The zero-order valence-electron chi connectivity index (χ0n) is 12.6. The minimum Gasteiger partial charge on any atom is -0.459 e. The summed E-state index contributed by atoms with van der Waals surface area (Å²) >= 11 is 6.32. The van der Waals surface area contributed by atoms with E-state index >= 15 is 0 Å². The first-order valence-corrected chi connectivity index (χ1v) is 8.16. The number of nitrogens with zero attached hydrogens (tertiary/aromatic N) is 2. The van der Waals surface area contributed by atoms with Crippen molar-refractivity contribution in [2.75, 3.05) is 5.32 Å². The van der Waals surface area contributed by atoms with Gasteiger partial charge in [-0.2, -0.15) is 0 Å². The Bertz CT molecular complexity index is 574. The zero-order chi connectivity index (χ0) is 16.3. The topological polar surface area (TPSA) is 93.2 Å². The molecular weight excluding hydrogens is 324 g/mol. The molecule has 0 unspecified atom stereocenters. The Labute approximate surface area is 137 Å². The maximum atomic E-state index is 12.1. The summed E-state index contributed by atoms with van der Waals surface area (Å²) in [6, 6.07) is 0. The summed E-state index contributed by atoms with van der Waals surface area (Å²) in [7, 11) is 0. The molecular formula is C13H18N4O3S2. The predicted molar refractivity (Wildman–Crippen MR) is 86.3 cm³/mol. The Balaban J connectivity index is 1.82. The van der Waals surface area contributed by atoms with Gasteiger partial charge in [0.2, 0.25) is 11.0 Å². The van der Waals surface area contributed by atoms with Crippen LogP contribution in [-0.2, 0) is 14.3 Å². The van der Waals surface area contributed by atoms with Crippen LogP contribution in [0.4, 0.5) is 5.13 Å². The largest absolute Gasteiger partial charge is 0.459 e. The number of carbonyl (C=O) groups is 2. The van der Waals surface area contributed by atoms with E-state index in [0.717, 1.165) is 0 Å². The number of rotatable bonds is 4. The molecule has 120 valence electrons. The number of ether oxygens (including phenoxy) is 1. The van der Waals surface area contributed by atoms with Crippen LogP contribution in [-0.4, -0.2) is 32.8 Å². The van der Waals surface area contributed by atoms with Gasteiger partial charge in [-0.05, 0) is 38.9 Å². The van der Waals surface area contributed by atoms with Crippen molar-refractivity contribution in [1.29, 1.82) is 0 Å². The summed E-state index contributed by atoms with van der Waals surface area (Å²) in [5.74, 6) is -1.07. The van der Waals surface area contributed by atoms with Crippen LogP contribution in [0.2, 0.25) is 0 Å². The normalized spacial score (nSPS) is 21.0. The highest BCUT2D eigenvalue weighted by atomic mass is 32.1. The molecule has 0 saturated carbocycles. The van der Waals surface area contributed by atoms with Gasteiger partial charge in [-0.15, -0.1) is 10.2 Å². The van der Waals surface area contributed by atoms with Crippen LogP contribution >= 0.6 is 23.6 Å². The van der Waals surface area contributed by atoms with E-state index < -0.39 is 5.60 Å². The molecule has 2 rings (SSSR count). The summed E-state index contributed by atoms with van der Waals surface area (Å²) in [4.78, 5) is 23.9. The SMILES string of the molecule is C[C@H](C[C@@H]1CC(C)(C)OC1=O)C(=O)NC(=S)Nc1nncs1. The van der Waals surface area contributed by atoms with Gasteiger partial charge in [0.25, 0.3) is 0 Å². The molecule has 7 nitrogen and oxygen atoms in total. The van der Waals surface area contributed by atoms with Crippen LogP contribution in [0.15, 0.2) is 5.51 Å². The highest BCUT2D eigenvalue weighted by Gasteiger charge is 2.41. The molecule has 2 atom stereocenters. The Hall–Kier alpha value is -1.61. The van der Waals surface area contributed by atoms with Crippen molar-refractivity contribution in [1.82, 2.24) is 15.5 Å². The molecule has 9 heteroatoms. The maximum absolute atomic E-state index is 12.1. The van der Waals surface area contributed by atoms with E-state index in [4.69, 9.17) is 17.0 Å². The van der Waals surface area contributed by atoms with Crippen molar-refractivity contribution in [2.24, 2.45) is 11.8 Å². The van der Waals surface area contributed by atoms with Gasteiger partial charge in [-0.1, -0.05) is 18.3 Å². The summed E-state index contributed by atoms with van der Waals surface area (Å²) < 4.78 is 5.27. The molecule has 0 radical (unpaired) electrons. The van der Waals surface area contributed by atoms with Crippen molar-refractivity contribution in [3.63, 3.8) is 0 Å². The summed E-state index contributed by atoms with van der Waals surface area (Å²) in [6.07, 6.45) is 1.06. The van der Waals surface area contributed by atoms with E-state index in [1.54, 1.807) is 12.4 Å². The number of hydrogen-bond acceptors (Lipinski definition) is 7. The second kappa shape index (κ2) is 6.66. The lowest BCUT2D eigenvalue weighted by molar-refractivity contribution is -0.148. The van der Waals surface area contributed by atoms with E-state index in [2.05, 4.69) is 20.8 Å². The smallest absolute Gasteiger partial charge is 0.309 e. The summed E-state index contributed by atoms with van der Waals surface area (Å²) in [5.41, 5.74) is 1.11. The molecule has 0 aromatic carbocycles. The molecule has 2 heterocycles. The van der Waals surface area contributed by atoms with Crippen LogP contribution in [0.3, 0.4) is 0 Å². The minimum atomic E-state index is -0.452. The molecule has 1 saturated heterocycles. The van der Waals surface area contributed by atoms with E-state index in [1.165, 1.54) is 11.3 Å². The molecule has 0 bridgehead atoms. The number of amides is 1. The lowest BCUT2D eigenvalue weighted by Gasteiger charge is -2.16. The fourth-order valence-corrected chi connectivity index (χ4v) is 3.09. The van der Waals surface area contributed by atoms with Gasteiger partial charge in [0.05, 0.1) is 5.92 Å². The Kier molecular flexibility index (Phi) is 5.07. The average molecular weight is 342 g/mol. The second-order valence-corrected chi connectivity index (χ2v) is 7.15. The third kappa shape index (κ3) is 4.44. The third-order valence-corrected chi connectivity index (χ3v) is 4.16. The van der Waals surface area contributed by atoms with Crippen LogP contribution in [0.25, 0.3) is 0 Å². The van der Waals surface area contributed by atoms with E-state index in [0.29, 0.717) is 18.0 Å². The minimum absolute atomic E-state index is 0.169. The van der Waals surface area contributed by atoms with Gasteiger partial charge in [0.1, 0.15) is 11.1 Å². The standard InChI is InChI=1S/C13H18N4O3S2/c1-7(4-8-5-13(2,3)20-10(8)19)9(18)15-11(21)16-12-17-14-6-22-12/h6-8H,4-5H2,1-3H3,(H2,15,16,17,18,21)/t7-,8-/m1/s1. The van der Waals surface area contributed by atoms with Gasteiger partial charge in [-0.25, -0.2) is 0 Å². The molecule has 2 N–H and O–H groups in total. The molecule has 1 aromatic rings. The molecule has 1 aliphatic heterocycles. The Morgan fingerprint density at radius 1 is 1.64 bits per heavy atom. The number of nitrogens with one attached hydrogen (secondary N) is 2. The number of hydrogen-bond donors (Lipinski definition) is 2. The highest BCUT2D eigenvalue weighted by Crippen LogP contribution is 2.34. The maximum Gasteiger partial charge on any atom is 0.309 e. The lowest BCUT2D eigenvalue weighted by atomic mass is 9.89. The molecule has 1 amide bonds. The number of esters is 1. The molecule has 0 aliphatic carbocycles. The van der Waals surface area contributed by atoms with Gasteiger partial charge in [0.15, 0.2) is 5.11 Å². The van der Waals surface area contributed by atoms with Gasteiger partial charge in [0, 0.05) is 5.92 Å². The predicted octanol–water partition coefficient (Wildman–Crippen LogP) is 1.72. The molecule has 1 aliphatic rings. The number of thiocarbonyl (C=S) groups is 1. The van der Waals surface area contributed by atoms with E-state index in [1.807, 2.05) is 13.8 Å². The zero-order valence-corrected chi connectivity index (χ0v) is 14.2. The van der Waals surface area contributed by atoms with Crippen LogP contribution in [0.1, 0.15) is 33.6 Å². The fourth-order valence-electron chi connectivity index (χ4n) is 2.38. The van der Waals surface area contributed by atoms with Crippen LogP contribution in [0.5, 0.6) is 0 Å². The summed E-state index contributed by atoms with van der Waals surface area (Å²) in [6.45, 7) is 5.51. The molecule has 1 aromatic heterocycles. The van der Waals surface area contributed by atoms with Crippen molar-refractivity contribution in [2.45, 2.75) is 39.2 Å². The second-order valence-electron chi connectivity index (χ2n) is 5.91. The summed E-state index contributed by atoms with van der Waals surface area (Å²) in [5, 5.41) is 13.5. The van der Waals surface area contributed by atoms with Crippen LogP contribution in [0, 0.1) is 11.8 Å².